The number of ether oxygens (including phenoxy) is 1. The molecule has 9 nitrogen and oxygen atoms in total. The molecule has 0 bridgehead atoms. The summed E-state index contributed by atoms with van der Waals surface area (Å²) in [7, 11) is 1.26. The summed E-state index contributed by atoms with van der Waals surface area (Å²) in [4.78, 5) is 35.5. The molecule has 3 N–H and O–H groups in total. The third-order valence-electron chi connectivity index (χ3n) is 4.63. The van der Waals surface area contributed by atoms with E-state index in [0.717, 1.165) is 16.7 Å². The van der Waals surface area contributed by atoms with Crippen molar-refractivity contribution in [1.29, 1.82) is 0 Å². The lowest BCUT2D eigenvalue weighted by atomic mass is 10.1. The zero-order valence-corrected chi connectivity index (χ0v) is 18.5. The number of H-pyrrole nitrogens is 1. The summed E-state index contributed by atoms with van der Waals surface area (Å²) >= 11 is 5.28. The van der Waals surface area contributed by atoms with Crippen LogP contribution in [0.3, 0.4) is 0 Å². The average Bonchev–Trinajstić information content (AvgIpc) is 3.14. The molecule has 0 spiro atoms. The highest BCUT2D eigenvalue weighted by Crippen LogP contribution is 2.18. The Morgan fingerprint density at radius 2 is 1.75 bits per heavy atom. The number of anilines is 1. The maximum absolute atomic E-state index is 12.6. The predicted molar refractivity (Wildman–Crippen MR) is 121 cm³/mol. The second-order valence-corrected chi connectivity index (χ2v) is 7.47. The van der Waals surface area contributed by atoms with E-state index in [-0.39, 0.29) is 31.3 Å². The fraction of sp³-hybridized carbons (Fsp3) is 0.227. The Labute approximate surface area is 189 Å². The number of nitrogens with zero attached hydrogens (tertiary/aromatic N) is 2. The Hall–Kier alpha value is -3.79. The number of hydrogen-bond acceptors (Lipinski definition) is 6. The van der Waals surface area contributed by atoms with Gasteiger partial charge in [-0.05, 0) is 36.8 Å². The van der Waals surface area contributed by atoms with Crippen molar-refractivity contribution < 1.29 is 19.1 Å². The van der Waals surface area contributed by atoms with Crippen molar-refractivity contribution in [3.8, 4) is 11.4 Å². The molecule has 3 rings (SSSR count). The van der Waals surface area contributed by atoms with Gasteiger partial charge >= 0.3 is 5.97 Å². The van der Waals surface area contributed by atoms with Gasteiger partial charge < -0.3 is 15.4 Å². The number of hydrogen-bond donors (Lipinski definition) is 3. The highest BCUT2D eigenvalue weighted by atomic mass is 32.1. The van der Waals surface area contributed by atoms with Crippen molar-refractivity contribution in [2.45, 2.75) is 19.9 Å². The van der Waals surface area contributed by atoms with E-state index in [1.165, 1.54) is 7.11 Å². The molecule has 2 aromatic carbocycles. The van der Waals surface area contributed by atoms with Gasteiger partial charge in [0.25, 0.3) is 0 Å². The van der Waals surface area contributed by atoms with Gasteiger partial charge in [-0.25, -0.2) is 0 Å². The summed E-state index contributed by atoms with van der Waals surface area (Å²) in [5.41, 5.74) is 3.30. The van der Waals surface area contributed by atoms with Crippen molar-refractivity contribution in [2.75, 3.05) is 19.0 Å². The van der Waals surface area contributed by atoms with E-state index in [1.807, 2.05) is 31.2 Å². The number of methoxy groups -OCH3 is 1. The number of aryl methyl sites for hydroxylation is 1. The fourth-order valence-corrected chi connectivity index (χ4v) is 3.12. The number of benzene rings is 2. The van der Waals surface area contributed by atoms with E-state index in [4.69, 9.17) is 12.2 Å². The zero-order chi connectivity index (χ0) is 23.1. The normalized spacial score (nSPS) is 10.4. The van der Waals surface area contributed by atoms with E-state index < -0.39 is 5.97 Å². The van der Waals surface area contributed by atoms with E-state index in [2.05, 4.69) is 25.6 Å². The Bertz CT molecular complexity index is 1170. The fourth-order valence-electron chi connectivity index (χ4n) is 2.93. The van der Waals surface area contributed by atoms with E-state index >= 15 is 0 Å². The highest BCUT2D eigenvalue weighted by Gasteiger charge is 2.13. The standard InChI is InChI=1S/C22H23N5O4S/c1-14-3-7-16(8-4-14)21-25-26-22(32)27(21)13-19(29)24-17-9-5-15(6-10-17)11-18(28)23-12-20(30)31-2/h3-10H,11-13H2,1-2H3,(H,23,28)(H,24,29)(H,26,32). The van der Waals surface area contributed by atoms with Gasteiger partial charge in [-0.2, -0.15) is 5.10 Å². The molecule has 0 aliphatic heterocycles. The summed E-state index contributed by atoms with van der Waals surface area (Å²) in [6, 6.07) is 14.7. The van der Waals surface area contributed by atoms with Gasteiger partial charge in [-0.15, -0.1) is 0 Å². The minimum absolute atomic E-state index is 0.00374. The van der Waals surface area contributed by atoms with Crippen molar-refractivity contribution in [2.24, 2.45) is 0 Å². The lowest BCUT2D eigenvalue weighted by Gasteiger charge is -2.09. The highest BCUT2D eigenvalue weighted by molar-refractivity contribution is 7.71. The summed E-state index contributed by atoms with van der Waals surface area (Å²) in [6.45, 7) is 1.81. The van der Waals surface area contributed by atoms with Gasteiger partial charge in [0, 0.05) is 11.3 Å². The maximum Gasteiger partial charge on any atom is 0.325 e. The average molecular weight is 454 g/mol. The first-order valence-electron chi connectivity index (χ1n) is 9.80. The van der Waals surface area contributed by atoms with Gasteiger partial charge in [0.05, 0.1) is 13.5 Å². The van der Waals surface area contributed by atoms with Crippen molar-refractivity contribution in [3.05, 3.63) is 64.4 Å². The molecule has 1 heterocycles. The second-order valence-electron chi connectivity index (χ2n) is 7.08. The minimum atomic E-state index is -0.514. The molecular weight excluding hydrogens is 430 g/mol. The van der Waals surface area contributed by atoms with E-state index in [0.29, 0.717) is 16.3 Å². The SMILES string of the molecule is COC(=O)CNC(=O)Cc1ccc(NC(=O)Cn2c(-c3ccc(C)cc3)n[nH]c2=S)cc1. The van der Waals surface area contributed by atoms with Gasteiger partial charge in [0.1, 0.15) is 13.1 Å². The third-order valence-corrected chi connectivity index (χ3v) is 4.94. The molecule has 2 amide bonds. The summed E-state index contributed by atoms with van der Waals surface area (Å²) in [6.07, 6.45) is 0.106. The Balaban J connectivity index is 1.60. The molecule has 166 valence electrons. The lowest BCUT2D eigenvalue weighted by molar-refractivity contribution is -0.141. The van der Waals surface area contributed by atoms with Crippen LogP contribution >= 0.6 is 12.2 Å². The molecule has 0 saturated carbocycles. The lowest BCUT2D eigenvalue weighted by Crippen LogP contribution is -2.31. The zero-order valence-electron chi connectivity index (χ0n) is 17.7. The van der Waals surface area contributed by atoms with Crippen molar-refractivity contribution in [1.82, 2.24) is 20.1 Å². The molecule has 0 fully saturated rings. The molecule has 0 unspecified atom stereocenters. The molecule has 0 saturated heterocycles. The molecule has 0 atom stereocenters. The molecular formula is C22H23N5O4S. The van der Waals surface area contributed by atoms with E-state index in [1.54, 1.807) is 28.8 Å². The Morgan fingerprint density at radius 1 is 1.06 bits per heavy atom. The molecule has 0 radical (unpaired) electrons. The van der Waals surface area contributed by atoms with Crippen LogP contribution in [0.25, 0.3) is 11.4 Å². The first-order valence-corrected chi connectivity index (χ1v) is 10.2. The largest absolute Gasteiger partial charge is 0.468 e. The number of esters is 1. The summed E-state index contributed by atoms with van der Waals surface area (Å²) < 4.78 is 6.46. The molecule has 1 aromatic heterocycles. The van der Waals surface area contributed by atoms with Crippen LogP contribution in [-0.4, -0.2) is 46.2 Å². The number of aromatic amines is 1. The number of aromatic nitrogens is 3. The van der Waals surface area contributed by atoms with Crippen molar-refractivity contribution in [3.63, 3.8) is 0 Å². The van der Waals surface area contributed by atoms with Crippen LogP contribution in [0.4, 0.5) is 5.69 Å². The van der Waals surface area contributed by atoms with Crippen LogP contribution in [0, 0.1) is 11.7 Å². The van der Waals surface area contributed by atoms with Crippen LogP contribution in [0.2, 0.25) is 0 Å². The molecule has 3 aromatic rings. The molecule has 10 heteroatoms. The summed E-state index contributed by atoms with van der Waals surface area (Å²) in [5.74, 6) is -0.497. The van der Waals surface area contributed by atoms with Crippen LogP contribution in [0.1, 0.15) is 11.1 Å². The van der Waals surface area contributed by atoms with Gasteiger partial charge in [0.15, 0.2) is 10.6 Å². The van der Waals surface area contributed by atoms with Crippen LogP contribution in [0.15, 0.2) is 48.5 Å². The number of carbonyl (C=O) groups is 3. The number of amides is 2. The first-order chi connectivity index (χ1) is 15.4. The number of nitrogens with one attached hydrogen (secondary N) is 3. The Kier molecular flexibility index (Phi) is 7.50. The monoisotopic (exact) mass is 453 g/mol. The van der Waals surface area contributed by atoms with Crippen LogP contribution in [-0.2, 0) is 32.1 Å². The predicted octanol–water partition coefficient (Wildman–Crippen LogP) is 2.39. The second kappa shape index (κ2) is 10.5. The van der Waals surface area contributed by atoms with Crippen LogP contribution < -0.4 is 10.6 Å². The maximum atomic E-state index is 12.6. The van der Waals surface area contributed by atoms with Crippen LogP contribution in [0.5, 0.6) is 0 Å². The van der Waals surface area contributed by atoms with Gasteiger partial charge in [-0.3, -0.25) is 24.0 Å². The van der Waals surface area contributed by atoms with E-state index in [9.17, 15) is 14.4 Å². The van der Waals surface area contributed by atoms with Gasteiger partial charge in [0.2, 0.25) is 11.8 Å². The van der Waals surface area contributed by atoms with Crippen molar-refractivity contribution >= 4 is 35.7 Å². The number of rotatable bonds is 8. The molecule has 32 heavy (non-hydrogen) atoms. The summed E-state index contributed by atoms with van der Waals surface area (Å²) in [5, 5.41) is 12.3. The molecule has 0 aliphatic carbocycles. The topological polar surface area (TPSA) is 118 Å². The number of carbonyl (C=O) groups excluding carboxylic acids is 3. The third kappa shape index (κ3) is 6.11. The minimum Gasteiger partial charge on any atom is -0.468 e. The first kappa shape index (κ1) is 22.9. The smallest absolute Gasteiger partial charge is 0.325 e. The Morgan fingerprint density at radius 3 is 2.41 bits per heavy atom. The van der Waals surface area contributed by atoms with Gasteiger partial charge in [-0.1, -0.05) is 42.0 Å². The molecule has 0 aliphatic rings. The quantitative estimate of drug-likeness (QED) is 0.356.